The Kier molecular flexibility index (Phi) is 5.44. The van der Waals surface area contributed by atoms with Crippen molar-refractivity contribution in [2.24, 2.45) is 34.5 Å². The van der Waals surface area contributed by atoms with E-state index in [4.69, 9.17) is 9.47 Å². The Bertz CT molecular complexity index is 536. The maximum atomic E-state index is 11.2. The van der Waals surface area contributed by atoms with E-state index in [1.165, 1.54) is 44.9 Å². The van der Waals surface area contributed by atoms with Crippen LogP contribution in [0.3, 0.4) is 0 Å². The first-order valence-corrected chi connectivity index (χ1v) is 11.7. The summed E-state index contributed by atoms with van der Waals surface area (Å²) < 4.78 is 11.7. The number of rotatable bonds is 5. The lowest BCUT2D eigenvalue weighted by atomic mass is 9.44. The van der Waals surface area contributed by atoms with Gasteiger partial charge >= 0.3 is 0 Å². The van der Waals surface area contributed by atoms with Crippen LogP contribution in [0, 0.1) is 34.5 Å². The normalized spacial score (nSPS) is 52.1. The summed E-state index contributed by atoms with van der Waals surface area (Å²) in [6, 6.07) is 0. The van der Waals surface area contributed by atoms with E-state index < -0.39 is 5.60 Å². The van der Waals surface area contributed by atoms with E-state index in [1.807, 2.05) is 7.11 Å². The van der Waals surface area contributed by atoms with Crippen molar-refractivity contribution in [3.05, 3.63) is 0 Å². The van der Waals surface area contributed by atoms with Gasteiger partial charge in [-0.1, -0.05) is 20.8 Å². The van der Waals surface area contributed by atoms with Gasteiger partial charge in [-0.25, -0.2) is 0 Å². The molecule has 0 aromatic carbocycles. The van der Waals surface area contributed by atoms with Crippen molar-refractivity contribution in [2.45, 2.75) is 96.7 Å². The molecule has 1 N–H and O–H groups in total. The van der Waals surface area contributed by atoms with Crippen LogP contribution in [0.5, 0.6) is 0 Å². The maximum absolute atomic E-state index is 11.2. The molecular formula is C24H42O3. The van der Waals surface area contributed by atoms with Crippen LogP contribution in [0.25, 0.3) is 0 Å². The highest BCUT2D eigenvalue weighted by molar-refractivity contribution is 5.11. The summed E-state index contributed by atoms with van der Waals surface area (Å²) in [7, 11) is 1.92. The monoisotopic (exact) mass is 378 g/mol. The molecule has 0 aromatic heterocycles. The van der Waals surface area contributed by atoms with Crippen molar-refractivity contribution in [1.82, 2.24) is 0 Å². The average molecular weight is 379 g/mol. The third-order valence-electron chi connectivity index (χ3n) is 9.74. The number of hydrogen-bond donors (Lipinski definition) is 1. The highest BCUT2D eigenvalue weighted by Crippen LogP contribution is 2.67. The molecule has 0 spiro atoms. The number of fused-ring (bicyclic) bond motifs is 5. The van der Waals surface area contributed by atoms with Gasteiger partial charge in [0, 0.05) is 13.7 Å². The van der Waals surface area contributed by atoms with Crippen molar-refractivity contribution in [1.29, 1.82) is 0 Å². The molecule has 0 aromatic rings. The zero-order chi connectivity index (χ0) is 19.3. The standard InChI is InChI=1S/C24H42O3/c1-5-14-27-16-24(25)13-12-22(2)17(15-24)6-7-18-19-8-9-21(26-4)23(19,3)11-10-20(18)22/h17-21,25H,5-16H2,1-4H3/t17-,18-,19-,20-,21-,22-,23-,24+/m0/s1. The summed E-state index contributed by atoms with van der Waals surface area (Å²) >= 11 is 0. The number of methoxy groups -OCH3 is 1. The van der Waals surface area contributed by atoms with E-state index in [0.717, 1.165) is 43.6 Å². The lowest BCUT2D eigenvalue weighted by Crippen LogP contribution is -2.57. The molecule has 0 bridgehead atoms. The van der Waals surface area contributed by atoms with E-state index in [-0.39, 0.29) is 0 Å². The van der Waals surface area contributed by atoms with E-state index in [1.54, 1.807) is 0 Å². The molecule has 3 nitrogen and oxygen atoms in total. The van der Waals surface area contributed by atoms with E-state index >= 15 is 0 Å². The molecule has 4 aliphatic rings. The molecule has 0 aliphatic heterocycles. The molecule has 4 saturated carbocycles. The van der Waals surface area contributed by atoms with E-state index in [0.29, 0.717) is 29.5 Å². The Labute approximate surface area is 166 Å². The molecule has 0 heterocycles. The Morgan fingerprint density at radius 1 is 0.926 bits per heavy atom. The summed E-state index contributed by atoms with van der Waals surface area (Å²) in [6.07, 6.45) is 12.6. The van der Waals surface area contributed by atoms with Crippen LogP contribution in [0.15, 0.2) is 0 Å². The molecular weight excluding hydrogens is 336 g/mol. The molecule has 0 radical (unpaired) electrons. The smallest absolute Gasteiger partial charge is 0.0883 e. The molecule has 0 saturated heterocycles. The van der Waals surface area contributed by atoms with Gasteiger partial charge in [0.1, 0.15) is 0 Å². The molecule has 0 unspecified atom stereocenters. The van der Waals surface area contributed by atoms with Gasteiger partial charge in [0.25, 0.3) is 0 Å². The molecule has 4 aliphatic carbocycles. The highest BCUT2D eigenvalue weighted by atomic mass is 16.5. The highest BCUT2D eigenvalue weighted by Gasteiger charge is 2.61. The summed E-state index contributed by atoms with van der Waals surface area (Å²) in [5.74, 6) is 3.26. The van der Waals surface area contributed by atoms with Crippen molar-refractivity contribution in [2.75, 3.05) is 20.3 Å². The lowest BCUT2D eigenvalue weighted by molar-refractivity contribution is -0.169. The van der Waals surface area contributed by atoms with E-state index in [9.17, 15) is 5.11 Å². The summed E-state index contributed by atoms with van der Waals surface area (Å²) in [5.41, 5.74) is 0.249. The fourth-order valence-electron chi connectivity index (χ4n) is 8.20. The van der Waals surface area contributed by atoms with Crippen LogP contribution in [0.1, 0.15) is 85.0 Å². The topological polar surface area (TPSA) is 38.7 Å². The van der Waals surface area contributed by atoms with Crippen molar-refractivity contribution >= 4 is 0 Å². The van der Waals surface area contributed by atoms with Gasteiger partial charge in [0.2, 0.25) is 0 Å². The van der Waals surface area contributed by atoms with Gasteiger partial charge in [-0.05, 0) is 98.7 Å². The average Bonchev–Trinajstić information content (AvgIpc) is 2.99. The SMILES string of the molecule is CCCOC[C@@]1(O)CC[C@@]2(C)[C@@H](CC[C@@H]3[C@@H]2CC[C@]2(C)[C@@H](OC)CC[C@@H]32)C1. The molecule has 4 fully saturated rings. The predicted molar refractivity (Wildman–Crippen MR) is 109 cm³/mol. The fraction of sp³-hybridized carbons (Fsp3) is 1.00. The Balaban J connectivity index is 1.48. The van der Waals surface area contributed by atoms with Gasteiger partial charge in [0.05, 0.1) is 18.3 Å². The largest absolute Gasteiger partial charge is 0.387 e. The van der Waals surface area contributed by atoms with Crippen LogP contribution in [-0.4, -0.2) is 37.1 Å². The summed E-state index contributed by atoms with van der Waals surface area (Å²) in [6.45, 7) is 8.55. The Morgan fingerprint density at radius 3 is 2.44 bits per heavy atom. The van der Waals surface area contributed by atoms with Crippen LogP contribution in [0.2, 0.25) is 0 Å². The fourth-order valence-corrected chi connectivity index (χ4v) is 8.20. The second-order valence-corrected chi connectivity index (χ2v) is 11.0. The second-order valence-electron chi connectivity index (χ2n) is 11.0. The van der Waals surface area contributed by atoms with Gasteiger partial charge < -0.3 is 14.6 Å². The molecule has 4 rings (SSSR count). The minimum absolute atomic E-state index is 0.405. The number of aliphatic hydroxyl groups is 1. The zero-order valence-electron chi connectivity index (χ0n) is 18.1. The molecule has 27 heavy (non-hydrogen) atoms. The Hall–Kier alpha value is -0.120. The summed E-state index contributed by atoms with van der Waals surface area (Å²) in [5, 5.41) is 11.2. The second kappa shape index (κ2) is 7.29. The molecule has 0 amide bonds. The molecule has 156 valence electrons. The first kappa shape index (κ1) is 20.2. The van der Waals surface area contributed by atoms with Gasteiger partial charge in [-0.3, -0.25) is 0 Å². The minimum Gasteiger partial charge on any atom is -0.387 e. The van der Waals surface area contributed by atoms with Crippen LogP contribution < -0.4 is 0 Å². The number of hydrogen-bond acceptors (Lipinski definition) is 3. The van der Waals surface area contributed by atoms with E-state index in [2.05, 4.69) is 20.8 Å². The number of ether oxygens (including phenoxy) is 2. The minimum atomic E-state index is -0.579. The van der Waals surface area contributed by atoms with Crippen molar-refractivity contribution in [3.63, 3.8) is 0 Å². The zero-order valence-corrected chi connectivity index (χ0v) is 18.1. The van der Waals surface area contributed by atoms with Crippen LogP contribution in [-0.2, 0) is 9.47 Å². The quantitative estimate of drug-likeness (QED) is 0.668. The van der Waals surface area contributed by atoms with Crippen molar-refractivity contribution in [3.8, 4) is 0 Å². The van der Waals surface area contributed by atoms with Gasteiger partial charge in [-0.2, -0.15) is 0 Å². The third-order valence-corrected chi connectivity index (χ3v) is 9.74. The first-order valence-electron chi connectivity index (χ1n) is 11.7. The third kappa shape index (κ3) is 3.20. The van der Waals surface area contributed by atoms with Crippen molar-refractivity contribution < 1.29 is 14.6 Å². The maximum Gasteiger partial charge on any atom is 0.0883 e. The van der Waals surface area contributed by atoms with Gasteiger partial charge in [0.15, 0.2) is 0 Å². The van der Waals surface area contributed by atoms with Crippen LogP contribution in [0.4, 0.5) is 0 Å². The molecule has 8 atom stereocenters. The first-order chi connectivity index (χ1) is 12.9. The molecule has 3 heteroatoms. The summed E-state index contributed by atoms with van der Waals surface area (Å²) in [4.78, 5) is 0. The predicted octanol–water partition coefficient (Wildman–Crippen LogP) is 5.20. The lowest BCUT2D eigenvalue weighted by Gasteiger charge is -2.62. The Morgan fingerprint density at radius 2 is 1.70 bits per heavy atom. The van der Waals surface area contributed by atoms with Gasteiger partial charge in [-0.15, -0.1) is 0 Å². The van der Waals surface area contributed by atoms with Crippen LogP contribution >= 0.6 is 0 Å².